The summed E-state index contributed by atoms with van der Waals surface area (Å²) in [6, 6.07) is 7.30. The van der Waals surface area contributed by atoms with Gasteiger partial charge in [-0.1, -0.05) is 17.7 Å². The lowest BCUT2D eigenvalue weighted by Gasteiger charge is -2.31. The largest absolute Gasteiger partial charge is 0.480 e. The molecule has 2 rings (SSSR count). The predicted octanol–water partition coefficient (Wildman–Crippen LogP) is 0.632. The SMILES string of the molecule is Cc1ccc(N(CC(=O)O)C(=O)C2CNC2)cc1. The number of amides is 1. The zero-order valence-electron chi connectivity index (χ0n) is 10.2. The van der Waals surface area contributed by atoms with Gasteiger partial charge in [-0.2, -0.15) is 0 Å². The van der Waals surface area contributed by atoms with E-state index >= 15 is 0 Å². The molecule has 1 aliphatic rings. The molecule has 1 saturated heterocycles. The first kappa shape index (κ1) is 12.6. The molecular weight excluding hydrogens is 232 g/mol. The zero-order chi connectivity index (χ0) is 13.1. The summed E-state index contributed by atoms with van der Waals surface area (Å²) < 4.78 is 0. The van der Waals surface area contributed by atoms with Crippen LogP contribution in [0.5, 0.6) is 0 Å². The molecule has 5 heteroatoms. The van der Waals surface area contributed by atoms with Gasteiger partial charge in [-0.05, 0) is 19.1 Å². The van der Waals surface area contributed by atoms with Crippen molar-refractivity contribution in [2.45, 2.75) is 6.92 Å². The van der Waals surface area contributed by atoms with Crippen molar-refractivity contribution in [3.8, 4) is 0 Å². The summed E-state index contributed by atoms with van der Waals surface area (Å²) in [6.45, 7) is 2.91. The van der Waals surface area contributed by atoms with Crippen LogP contribution >= 0.6 is 0 Å². The zero-order valence-corrected chi connectivity index (χ0v) is 10.2. The summed E-state index contributed by atoms with van der Waals surface area (Å²) in [4.78, 5) is 24.4. The molecule has 1 heterocycles. The Balaban J connectivity index is 2.20. The fourth-order valence-corrected chi connectivity index (χ4v) is 1.84. The molecule has 1 amide bonds. The molecule has 1 aromatic carbocycles. The van der Waals surface area contributed by atoms with Crippen molar-refractivity contribution in [2.24, 2.45) is 5.92 Å². The van der Waals surface area contributed by atoms with Crippen LogP contribution in [-0.4, -0.2) is 36.6 Å². The summed E-state index contributed by atoms with van der Waals surface area (Å²) in [6.07, 6.45) is 0. The summed E-state index contributed by atoms with van der Waals surface area (Å²) in [5, 5.41) is 11.9. The number of carboxylic acids is 1. The maximum absolute atomic E-state index is 12.2. The Hall–Kier alpha value is -1.88. The van der Waals surface area contributed by atoms with Crippen LogP contribution in [0.4, 0.5) is 5.69 Å². The molecule has 1 fully saturated rings. The Kier molecular flexibility index (Phi) is 3.62. The van der Waals surface area contributed by atoms with Crippen molar-refractivity contribution >= 4 is 17.6 Å². The van der Waals surface area contributed by atoms with Gasteiger partial charge in [0.05, 0.1) is 5.92 Å². The molecule has 0 aliphatic carbocycles. The van der Waals surface area contributed by atoms with Crippen molar-refractivity contribution in [1.29, 1.82) is 0 Å². The highest BCUT2D eigenvalue weighted by Gasteiger charge is 2.30. The summed E-state index contributed by atoms with van der Waals surface area (Å²) in [7, 11) is 0. The van der Waals surface area contributed by atoms with E-state index in [0.29, 0.717) is 18.8 Å². The Morgan fingerprint density at radius 1 is 1.33 bits per heavy atom. The minimum atomic E-state index is -1.00. The van der Waals surface area contributed by atoms with Crippen LogP contribution in [0.15, 0.2) is 24.3 Å². The molecule has 2 N–H and O–H groups in total. The van der Waals surface area contributed by atoms with Gasteiger partial charge in [0.1, 0.15) is 6.54 Å². The molecule has 0 saturated carbocycles. The number of benzene rings is 1. The minimum Gasteiger partial charge on any atom is -0.480 e. The summed E-state index contributed by atoms with van der Waals surface area (Å²) >= 11 is 0. The highest BCUT2D eigenvalue weighted by molar-refractivity contribution is 5.99. The topological polar surface area (TPSA) is 69.6 Å². The number of anilines is 1. The van der Waals surface area contributed by atoms with E-state index in [2.05, 4.69) is 5.32 Å². The van der Waals surface area contributed by atoms with E-state index < -0.39 is 5.97 Å². The lowest BCUT2D eigenvalue weighted by molar-refractivity contribution is -0.137. The third-order valence-corrected chi connectivity index (χ3v) is 3.04. The number of nitrogens with one attached hydrogen (secondary N) is 1. The van der Waals surface area contributed by atoms with E-state index in [1.165, 1.54) is 4.90 Å². The van der Waals surface area contributed by atoms with Gasteiger partial charge in [0.25, 0.3) is 0 Å². The fraction of sp³-hybridized carbons (Fsp3) is 0.385. The Labute approximate surface area is 105 Å². The standard InChI is InChI=1S/C13H16N2O3/c1-9-2-4-11(5-3-9)15(8-12(16)17)13(18)10-6-14-7-10/h2-5,10,14H,6-8H2,1H3,(H,16,17). The van der Waals surface area contributed by atoms with Gasteiger partial charge in [0.2, 0.25) is 5.91 Å². The van der Waals surface area contributed by atoms with Gasteiger partial charge >= 0.3 is 5.97 Å². The molecule has 18 heavy (non-hydrogen) atoms. The first-order valence-electron chi connectivity index (χ1n) is 5.88. The van der Waals surface area contributed by atoms with Crippen molar-refractivity contribution < 1.29 is 14.7 Å². The number of carbonyl (C=O) groups excluding carboxylic acids is 1. The summed E-state index contributed by atoms with van der Waals surface area (Å²) in [5.74, 6) is -1.23. The van der Waals surface area contributed by atoms with Crippen LogP contribution in [0.2, 0.25) is 0 Å². The van der Waals surface area contributed by atoms with Crippen LogP contribution in [0, 0.1) is 12.8 Å². The van der Waals surface area contributed by atoms with Gasteiger partial charge < -0.3 is 15.3 Å². The number of rotatable bonds is 4. The second-order valence-corrected chi connectivity index (χ2v) is 4.51. The van der Waals surface area contributed by atoms with Crippen LogP contribution in [0.25, 0.3) is 0 Å². The molecule has 96 valence electrons. The molecule has 0 bridgehead atoms. The Morgan fingerprint density at radius 2 is 1.94 bits per heavy atom. The van der Waals surface area contributed by atoms with E-state index in [0.717, 1.165) is 5.56 Å². The maximum Gasteiger partial charge on any atom is 0.323 e. The third-order valence-electron chi connectivity index (χ3n) is 3.04. The maximum atomic E-state index is 12.2. The number of aliphatic carboxylic acids is 1. The van der Waals surface area contributed by atoms with E-state index in [1.807, 2.05) is 19.1 Å². The minimum absolute atomic E-state index is 0.106. The lowest BCUT2D eigenvalue weighted by atomic mass is 10.0. The van der Waals surface area contributed by atoms with Gasteiger partial charge in [-0.25, -0.2) is 0 Å². The highest BCUT2D eigenvalue weighted by atomic mass is 16.4. The normalized spacial score (nSPS) is 14.9. The number of hydrogen-bond acceptors (Lipinski definition) is 3. The van der Waals surface area contributed by atoms with Crippen LogP contribution in [-0.2, 0) is 9.59 Å². The van der Waals surface area contributed by atoms with E-state index in [-0.39, 0.29) is 18.4 Å². The average Bonchev–Trinajstić information content (AvgIpc) is 2.24. The highest BCUT2D eigenvalue weighted by Crippen LogP contribution is 2.19. The van der Waals surface area contributed by atoms with Crippen LogP contribution in [0.3, 0.4) is 0 Å². The van der Waals surface area contributed by atoms with Gasteiger partial charge in [-0.15, -0.1) is 0 Å². The number of carboxylic acid groups (broad SMARTS) is 1. The van der Waals surface area contributed by atoms with Crippen molar-refractivity contribution in [2.75, 3.05) is 24.5 Å². The average molecular weight is 248 g/mol. The molecular formula is C13H16N2O3. The van der Waals surface area contributed by atoms with Crippen LogP contribution < -0.4 is 10.2 Å². The lowest BCUT2D eigenvalue weighted by Crippen LogP contribution is -2.53. The van der Waals surface area contributed by atoms with Crippen molar-refractivity contribution in [3.05, 3.63) is 29.8 Å². The van der Waals surface area contributed by atoms with E-state index in [9.17, 15) is 9.59 Å². The quantitative estimate of drug-likeness (QED) is 0.820. The second-order valence-electron chi connectivity index (χ2n) is 4.51. The monoisotopic (exact) mass is 248 g/mol. The second kappa shape index (κ2) is 5.18. The molecule has 0 atom stereocenters. The Bertz CT molecular complexity index is 452. The van der Waals surface area contributed by atoms with Crippen molar-refractivity contribution in [3.63, 3.8) is 0 Å². The molecule has 0 spiro atoms. The summed E-state index contributed by atoms with van der Waals surface area (Å²) in [5.41, 5.74) is 1.71. The predicted molar refractivity (Wildman–Crippen MR) is 67.5 cm³/mol. The number of carbonyl (C=O) groups is 2. The molecule has 1 aromatic rings. The third kappa shape index (κ3) is 2.68. The fourth-order valence-electron chi connectivity index (χ4n) is 1.84. The Morgan fingerprint density at radius 3 is 2.39 bits per heavy atom. The first-order chi connectivity index (χ1) is 8.58. The number of nitrogens with zero attached hydrogens (tertiary/aromatic N) is 1. The molecule has 1 aliphatic heterocycles. The molecule has 0 unspecified atom stereocenters. The van der Waals surface area contributed by atoms with Gasteiger partial charge in [-0.3, -0.25) is 9.59 Å². The molecule has 5 nitrogen and oxygen atoms in total. The first-order valence-corrected chi connectivity index (χ1v) is 5.88. The van der Waals surface area contributed by atoms with E-state index in [4.69, 9.17) is 5.11 Å². The molecule has 0 radical (unpaired) electrons. The molecule has 0 aromatic heterocycles. The van der Waals surface area contributed by atoms with Gasteiger partial charge in [0, 0.05) is 18.8 Å². The number of hydrogen-bond donors (Lipinski definition) is 2. The number of aryl methyl sites for hydroxylation is 1. The van der Waals surface area contributed by atoms with Crippen molar-refractivity contribution in [1.82, 2.24) is 5.32 Å². The smallest absolute Gasteiger partial charge is 0.323 e. The van der Waals surface area contributed by atoms with Crippen LogP contribution in [0.1, 0.15) is 5.56 Å². The van der Waals surface area contributed by atoms with Gasteiger partial charge in [0.15, 0.2) is 0 Å². The van der Waals surface area contributed by atoms with E-state index in [1.54, 1.807) is 12.1 Å².